The first-order valence-electron chi connectivity index (χ1n) is 8.04. The van der Waals surface area contributed by atoms with E-state index in [1.807, 2.05) is 0 Å². The van der Waals surface area contributed by atoms with Crippen molar-refractivity contribution < 1.29 is 29.0 Å². The molecule has 1 aromatic heterocycles. The number of nitrogens with zero attached hydrogens (tertiary/aromatic N) is 3. The molecule has 0 aromatic carbocycles. The summed E-state index contributed by atoms with van der Waals surface area (Å²) in [4.78, 5) is 43.1. The number of hydrogen-bond donors (Lipinski definition) is 1. The number of anilines is 1. The molecule has 1 aromatic rings. The fourth-order valence-corrected chi connectivity index (χ4v) is 2.19. The highest BCUT2D eigenvalue weighted by Gasteiger charge is 2.42. The quantitative estimate of drug-likeness (QED) is 0.750. The predicted octanol–water partition coefficient (Wildman–Crippen LogP) is 3.40. The van der Waals surface area contributed by atoms with Crippen molar-refractivity contribution in [3.05, 3.63) is 17.8 Å². The van der Waals surface area contributed by atoms with E-state index >= 15 is 0 Å². The molecule has 0 atom stereocenters. The third kappa shape index (κ3) is 4.41. The average Bonchev–Trinajstić information content (AvgIpc) is 2.42. The molecular formula is C17H23N3O6. The second-order valence-corrected chi connectivity index (χ2v) is 7.84. The number of hydrogen-bond acceptors (Lipinski definition) is 7. The van der Waals surface area contributed by atoms with Crippen LogP contribution in [0.5, 0.6) is 5.75 Å². The molecule has 4 amide bonds. The zero-order chi connectivity index (χ0) is 19.9. The molecule has 1 aliphatic heterocycles. The number of fused-ring (bicyclic) bond motifs is 1. The lowest BCUT2D eigenvalue weighted by atomic mass is 10.1. The SMILES string of the molecule is CC(C)(C)OC(=O)N1Cc2cc(O)cnc2N(C(=O)OC(C)(C)C)C1=O. The van der Waals surface area contributed by atoms with Crippen molar-refractivity contribution in [1.29, 1.82) is 0 Å². The van der Waals surface area contributed by atoms with Crippen LogP contribution >= 0.6 is 0 Å². The van der Waals surface area contributed by atoms with Gasteiger partial charge in [-0.3, -0.25) is 0 Å². The van der Waals surface area contributed by atoms with Gasteiger partial charge in [-0.1, -0.05) is 0 Å². The number of carbonyl (C=O) groups excluding carboxylic acids is 3. The Bertz CT molecular complexity index is 748. The van der Waals surface area contributed by atoms with Gasteiger partial charge in [-0.05, 0) is 47.6 Å². The van der Waals surface area contributed by atoms with Gasteiger partial charge in [0, 0.05) is 5.56 Å². The first-order valence-corrected chi connectivity index (χ1v) is 8.04. The van der Waals surface area contributed by atoms with Gasteiger partial charge >= 0.3 is 18.2 Å². The highest BCUT2D eigenvalue weighted by molar-refractivity contribution is 6.15. The number of aromatic nitrogens is 1. The van der Waals surface area contributed by atoms with Crippen molar-refractivity contribution in [2.24, 2.45) is 0 Å². The van der Waals surface area contributed by atoms with Crippen molar-refractivity contribution in [3.63, 3.8) is 0 Å². The Morgan fingerprint density at radius 1 is 1.08 bits per heavy atom. The normalized spacial score (nSPS) is 14.8. The van der Waals surface area contributed by atoms with E-state index in [9.17, 15) is 19.5 Å². The summed E-state index contributed by atoms with van der Waals surface area (Å²) in [6.07, 6.45) is -0.785. The summed E-state index contributed by atoms with van der Waals surface area (Å²) in [5.74, 6) is -0.159. The molecule has 1 aliphatic rings. The smallest absolute Gasteiger partial charge is 0.424 e. The second kappa shape index (κ2) is 6.47. The first kappa shape index (κ1) is 19.5. The van der Waals surface area contributed by atoms with E-state index in [4.69, 9.17) is 9.47 Å². The van der Waals surface area contributed by atoms with Gasteiger partial charge in [-0.15, -0.1) is 0 Å². The van der Waals surface area contributed by atoms with Gasteiger partial charge in [-0.25, -0.2) is 24.3 Å². The highest BCUT2D eigenvalue weighted by Crippen LogP contribution is 2.31. The lowest BCUT2D eigenvalue weighted by molar-refractivity contribution is 0.0300. The molecule has 0 bridgehead atoms. The van der Waals surface area contributed by atoms with Crippen LogP contribution in [0.1, 0.15) is 47.1 Å². The van der Waals surface area contributed by atoms with E-state index in [0.29, 0.717) is 10.5 Å². The Morgan fingerprint density at radius 2 is 1.62 bits per heavy atom. The molecule has 2 rings (SSSR count). The van der Waals surface area contributed by atoms with Crippen LogP contribution in [0.2, 0.25) is 0 Å². The van der Waals surface area contributed by atoms with Gasteiger partial charge < -0.3 is 14.6 Å². The summed E-state index contributed by atoms with van der Waals surface area (Å²) in [5.41, 5.74) is -1.38. The van der Waals surface area contributed by atoms with Crippen LogP contribution in [0.25, 0.3) is 0 Å². The van der Waals surface area contributed by atoms with Gasteiger partial charge in [-0.2, -0.15) is 4.90 Å². The zero-order valence-corrected chi connectivity index (χ0v) is 15.7. The van der Waals surface area contributed by atoms with Crippen molar-refractivity contribution in [1.82, 2.24) is 9.88 Å². The number of imide groups is 2. The van der Waals surface area contributed by atoms with Crippen molar-refractivity contribution in [2.75, 3.05) is 4.90 Å². The lowest BCUT2D eigenvalue weighted by Gasteiger charge is -2.35. The number of rotatable bonds is 0. The minimum atomic E-state index is -0.977. The Morgan fingerprint density at radius 3 is 2.15 bits per heavy atom. The van der Waals surface area contributed by atoms with Crippen LogP contribution in [-0.2, 0) is 16.0 Å². The van der Waals surface area contributed by atoms with Gasteiger partial charge in [0.15, 0.2) is 5.82 Å². The van der Waals surface area contributed by atoms with Crippen molar-refractivity contribution in [2.45, 2.75) is 59.3 Å². The molecule has 1 N–H and O–H groups in total. The third-order valence-electron chi connectivity index (χ3n) is 3.08. The summed E-state index contributed by atoms with van der Waals surface area (Å²) in [7, 11) is 0. The second-order valence-electron chi connectivity index (χ2n) is 7.84. The maximum absolute atomic E-state index is 12.8. The lowest BCUT2D eigenvalue weighted by Crippen LogP contribution is -2.54. The van der Waals surface area contributed by atoms with Crippen LogP contribution in [-0.4, -0.2) is 44.4 Å². The number of pyridine rings is 1. The van der Waals surface area contributed by atoms with Gasteiger partial charge in [0.1, 0.15) is 17.0 Å². The minimum Gasteiger partial charge on any atom is -0.506 e. The average molecular weight is 365 g/mol. The van der Waals surface area contributed by atoms with Crippen LogP contribution in [0.15, 0.2) is 12.3 Å². The minimum absolute atomic E-state index is 0.00172. The number of carbonyl (C=O) groups is 3. The van der Waals surface area contributed by atoms with Crippen molar-refractivity contribution >= 4 is 24.0 Å². The number of amides is 4. The Balaban J connectivity index is 2.44. The fourth-order valence-electron chi connectivity index (χ4n) is 2.19. The molecule has 0 radical (unpaired) electrons. The Kier molecular flexibility index (Phi) is 4.85. The highest BCUT2D eigenvalue weighted by atomic mass is 16.6. The van der Waals surface area contributed by atoms with Crippen molar-refractivity contribution in [3.8, 4) is 5.75 Å². The number of urea groups is 1. The maximum Gasteiger partial charge on any atom is 0.424 e. The molecule has 2 heterocycles. The number of ether oxygens (including phenoxy) is 2. The molecule has 142 valence electrons. The molecule has 0 saturated carbocycles. The summed E-state index contributed by atoms with van der Waals surface area (Å²) in [6, 6.07) is 0.392. The van der Waals surface area contributed by atoms with Crippen LogP contribution < -0.4 is 4.90 Å². The zero-order valence-electron chi connectivity index (χ0n) is 15.7. The van der Waals surface area contributed by atoms with E-state index in [1.54, 1.807) is 41.5 Å². The number of aromatic hydroxyl groups is 1. The molecule has 26 heavy (non-hydrogen) atoms. The molecule has 0 saturated heterocycles. The van der Waals surface area contributed by atoms with E-state index in [-0.39, 0.29) is 18.1 Å². The molecule has 9 nitrogen and oxygen atoms in total. The molecule has 0 spiro atoms. The van der Waals surface area contributed by atoms with Crippen LogP contribution in [0.4, 0.5) is 20.2 Å². The Hall–Kier alpha value is -2.84. The predicted molar refractivity (Wildman–Crippen MR) is 91.8 cm³/mol. The largest absolute Gasteiger partial charge is 0.506 e. The van der Waals surface area contributed by atoms with Gasteiger partial charge in [0.2, 0.25) is 0 Å². The monoisotopic (exact) mass is 365 g/mol. The summed E-state index contributed by atoms with van der Waals surface area (Å²) in [5, 5.41) is 9.66. The standard InChI is InChI=1S/C17H23N3O6/c1-16(2,3)25-14(23)19-9-10-7-11(21)8-18-12(10)20(13(19)22)15(24)26-17(4,5)6/h7-8,21H,9H2,1-6H3. The maximum atomic E-state index is 12.8. The summed E-state index contributed by atoms with van der Waals surface area (Å²) < 4.78 is 10.5. The van der Waals surface area contributed by atoms with E-state index in [2.05, 4.69) is 4.98 Å². The van der Waals surface area contributed by atoms with Crippen LogP contribution in [0, 0.1) is 0 Å². The fraction of sp³-hybridized carbons (Fsp3) is 0.529. The van der Waals surface area contributed by atoms with E-state index in [0.717, 1.165) is 11.1 Å². The molecule has 0 unspecified atom stereocenters. The first-order chi connectivity index (χ1) is 11.8. The molecular weight excluding hydrogens is 342 g/mol. The molecule has 0 fully saturated rings. The molecule has 0 aliphatic carbocycles. The molecule has 9 heteroatoms. The topological polar surface area (TPSA) is 109 Å². The summed E-state index contributed by atoms with van der Waals surface area (Å²) in [6.45, 7) is 9.73. The van der Waals surface area contributed by atoms with E-state index in [1.165, 1.54) is 6.07 Å². The Labute approximate surface area is 151 Å². The summed E-state index contributed by atoms with van der Waals surface area (Å²) >= 11 is 0. The van der Waals surface area contributed by atoms with Crippen LogP contribution in [0.3, 0.4) is 0 Å². The van der Waals surface area contributed by atoms with E-state index < -0.39 is 29.4 Å². The van der Waals surface area contributed by atoms with Gasteiger partial charge in [0.25, 0.3) is 0 Å². The van der Waals surface area contributed by atoms with Gasteiger partial charge in [0.05, 0.1) is 12.7 Å². The third-order valence-corrected chi connectivity index (χ3v) is 3.08.